The molecule has 2 heterocycles. The van der Waals surface area contributed by atoms with Crippen molar-refractivity contribution in [3.8, 4) is 0 Å². The highest BCUT2D eigenvalue weighted by molar-refractivity contribution is 9.10. The Bertz CT molecular complexity index is 917. The summed E-state index contributed by atoms with van der Waals surface area (Å²) in [6.07, 6.45) is 0.199. The van der Waals surface area contributed by atoms with Crippen molar-refractivity contribution in [1.29, 1.82) is 0 Å². The van der Waals surface area contributed by atoms with Crippen LogP contribution in [-0.4, -0.2) is 15.3 Å². The number of ketones is 1. The Morgan fingerprint density at radius 3 is 2.91 bits per heavy atom. The van der Waals surface area contributed by atoms with E-state index in [1.165, 1.54) is 6.07 Å². The summed E-state index contributed by atoms with van der Waals surface area (Å²) in [5.74, 6) is -0.0752. The summed E-state index contributed by atoms with van der Waals surface area (Å²) in [5.41, 5.74) is 1.90. The van der Waals surface area contributed by atoms with Gasteiger partial charge in [0, 0.05) is 21.5 Å². The predicted octanol–water partition coefficient (Wildman–Crippen LogP) is 4.77. The maximum absolute atomic E-state index is 14.3. The van der Waals surface area contributed by atoms with Gasteiger partial charge in [0.1, 0.15) is 5.82 Å². The molecule has 0 bridgehead atoms. The first-order chi connectivity index (χ1) is 10.6. The number of imidazole rings is 1. The number of carbonyl (C=O) groups excluding carboxylic acids is 1. The lowest BCUT2D eigenvalue weighted by molar-refractivity contribution is 0.0987. The van der Waals surface area contributed by atoms with Crippen LogP contribution in [0.1, 0.15) is 28.6 Å². The van der Waals surface area contributed by atoms with Crippen molar-refractivity contribution < 1.29 is 9.18 Å². The molecule has 0 N–H and O–H groups in total. The molecule has 110 valence electrons. The van der Waals surface area contributed by atoms with E-state index in [-0.39, 0.29) is 18.0 Å². The third-order valence-corrected chi connectivity index (χ3v) is 4.85. The number of carbonyl (C=O) groups is 1. The fourth-order valence-electron chi connectivity index (χ4n) is 3.00. The van der Waals surface area contributed by atoms with E-state index in [9.17, 15) is 9.18 Å². The van der Waals surface area contributed by atoms with Gasteiger partial charge in [-0.05, 0) is 30.3 Å². The van der Waals surface area contributed by atoms with Gasteiger partial charge in [-0.2, -0.15) is 0 Å². The zero-order valence-electron chi connectivity index (χ0n) is 11.2. The van der Waals surface area contributed by atoms with Gasteiger partial charge in [-0.25, -0.2) is 9.37 Å². The minimum absolute atomic E-state index is 0.0903. The van der Waals surface area contributed by atoms with Crippen LogP contribution in [0, 0.1) is 5.82 Å². The molecule has 0 spiro atoms. The first kappa shape index (κ1) is 13.9. The van der Waals surface area contributed by atoms with Gasteiger partial charge in [0.15, 0.2) is 5.82 Å². The number of aromatic nitrogens is 2. The van der Waals surface area contributed by atoms with Crippen LogP contribution < -0.4 is 0 Å². The van der Waals surface area contributed by atoms with Crippen LogP contribution >= 0.6 is 27.5 Å². The Kier molecular flexibility index (Phi) is 3.09. The number of halogens is 3. The third-order valence-electron chi connectivity index (χ3n) is 3.92. The zero-order chi connectivity index (χ0) is 15.4. The monoisotopic (exact) mass is 378 g/mol. The van der Waals surface area contributed by atoms with Crippen LogP contribution in [0.5, 0.6) is 0 Å². The van der Waals surface area contributed by atoms with E-state index < -0.39 is 6.04 Å². The largest absolute Gasteiger partial charge is 0.313 e. The molecule has 0 radical (unpaired) electrons. The van der Waals surface area contributed by atoms with E-state index in [0.717, 1.165) is 5.52 Å². The minimum atomic E-state index is -0.415. The minimum Gasteiger partial charge on any atom is -0.313 e. The number of benzene rings is 2. The summed E-state index contributed by atoms with van der Waals surface area (Å²) >= 11 is 9.45. The van der Waals surface area contributed by atoms with Crippen LogP contribution in [0.2, 0.25) is 5.02 Å². The molecule has 4 rings (SSSR count). The molecule has 0 saturated carbocycles. The van der Waals surface area contributed by atoms with Gasteiger partial charge in [-0.3, -0.25) is 4.79 Å². The quantitative estimate of drug-likeness (QED) is 0.610. The second-order valence-corrected chi connectivity index (χ2v) is 6.51. The van der Waals surface area contributed by atoms with E-state index in [2.05, 4.69) is 20.9 Å². The smallest absolute Gasteiger partial charge is 0.200 e. The molecule has 1 atom stereocenters. The Labute approximate surface area is 138 Å². The highest BCUT2D eigenvalue weighted by atomic mass is 79.9. The molecular formula is C16H9BrClFN2O. The first-order valence-corrected chi connectivity index (χ1v) is 7.88. The van der Waals surface area contributed by atoms with Crippen molar-refractivity contribution in [3.05, 3.63) is 63.1 Å². The third kappa shape index (κ3) is 1.92. The second kappa shape index (κ2) is 4.89. The molecule has 0 amide bonds. The summed E-state index contributed by atoms with van der Waals surface area (Å²) in [7, 11) is 0. The van der Waals surface area contributed by atoms with Gasteiger partial charge in [-0.15, -0.1) is 0 Å². The molecule has 0 unspecified atom stereocenters. The maximum Gasteiger partial charge on any atom is 0.200 e. The van der Waals surface area contributed by atoms with Crippen molar-refractivity contribution >= 4 is 44.3 Å². The number of nitrogens with zero attached hydrogens (tertiary/aromatic N) is 2. The molecule has 3 aromatic rings. The number of hydrogen-bond acceptors (Lipinski definition) is 2. The summed E-state index contributed by atoms with van der Waals surface area (Å²) < 4.78 is 16.7. The zero-order valence-corrected chi connectivity index (χ0v) is 13.5. The lowest BCUT2D eigenvalue weighted by Gasteiger charge is -2.16. The van der Waals surface area contributed by atoms with Gasteiger partial charge in [0.05, 0.1) is 17.1 Å². The van der Waals surface area contributed by atoms with Gasteiger partial charge >= 0.3 is 0 Å². The standard InChI is InChI=1S/C16H9BrClFN2O/c17-9-2-1-3-10(19)15(9)13-7-14(22)16-20-11-5-4-8(18)6-12(11)21(13)16/h1-6,13H,7H2/t13-/m1/s1. The van der Waals surface area contributed by atoms with E-state index in [0.29, 0.717) is 26.4 Å². The molecule has 1 aliphatic heterocycles. The van der Waals surface area contributed by atoms with Crippen molar-refractivity contribution in [2.45, 2.75) is 12.5 Å². The highest BCUT2D eigenvalue weighted by Crippen LogP contribution is 2.39. The fourth-order valence-corrected chi connectivity index (χ4v) is 3.77. The average molecular weight is 380 g/mol. The topological polar surface area (TPSA) is 34.9 Å². The second-order valence-electron chi connectivity index (χ2n) is 5.22. The molecule has 1 aliphatic rings. The van der Waals surface area contributed by atoms with E-state index in [1.807, 2.05) is 0 Å². The predicted molar refractivity (Wildman–Crippen MR) is 85.9 cm³/mol. The molecule has 6 heteroatoms. The Morgan fingerprint density at radius 1 is 1.32 bits per heavy atom. The molecule has 1 aromatic heterocycles. The van der Waals surface area contributed by atoms with Crippen LogP contribution in [-0.2, 0) is 0 Å². The van der Waals surface area contributed by atoms with Crippen molar-refractivity contribution in [2.24, 2.45) is 0 Å². The molecule has 22 heavy (non-hydrogen) atoms. The van der Waals surface area contributed by atoms with Gasteiger partial charge in [0.2, 0.25) is 5.78 Å². The summed E-state index contributed by atoms with van der Waals surface area (Å²) in [6.45, 7) is 0. The normalized spacial score (nSPS) is 17.2. The lowest BCUT2D eigenvalue weighted by atomic mass is 10.0. The summed E-state index contributed by atoms with van der Waals surface area (Å²) in [4.78, 5) is 16.6. The van der Waals surface area contributed by atoms with Crippen LogP contribution in [0.25, 0.3) is 11.0 Å². The van der Waals surface area contributed by atoms with E-state index >= 15 is 0 Å². The SMILES string of the molecule is O=C1C[C@H](c2c(F)cccc2Br)n2c1nc1ccc(Cl)cc12. The average Bonchev–Trinajstić information content (AvgIpc) is 2.98. The first-order valence-electron chi connectivity index (χ1n) is 6.71. The van der Waals surface area contributed by atoms with Gasteiger partial charge in [-0.1, -0.05) is 33.6 Å². The molecule has 3 nitrogen and oxygen atoms in total. The van der Waals surface area contributed by atoms with Crippen LogP contribution in [0.3, 0.4) is 0 Å². The van der Waals surface area contributed by atoms with Crippen molar-refractivity contribution in [2.75, 3.05) is 0 Å². The molecule has 0 saturated heterocycles. The van der Waals surface area contributed by atoms with Crippen molar-refractivity contribution in [3.63, 3.8) is 0 Å². The van der Waals surface area contributed by atoms with Crippen LogP contribution in [0.15, 0.2) is 40.9 Å². The Hall–Kier alpha value is -1.72. The van der Waals surface area contributed by atoms with Crippen molar-refractivity contribution in [1.82, 2.24) is 9.55 Å². The van der Waals surface area contributed by atoms with Crippen LogP contribution in [0.4, 0.5) is 4.39 Å². The molecule has 0 fully saturated rings. The van der Waals surface area contributed by atoms with E-state index in [4.69, 9.17) is 11.6 Å². The number of rotatable bonds is 1. The number of hydrogen-bond donors (Lipinski definition) is 0. The van der Waals surface area contributed by atoms with Gasteiger partial charge in [0.25, 0.3) is 0 Å². The fraction of sp³-hybridized carbons (Fsp3) is 0.125. The lowest BCUT2D eigenvalue weighted by Crippen LogP contribution is -2.08. The number of Topliss-reactive ketones (excluding diaryl/α,β-unsaturated/α-hetero) is 1. The number of fused-ring (bicyclic) bond motifs is 3. The highest BCUT2D eigenvalue weighted by Gasteiger charge is 2.35. The Balaban J connectivity index is 2.02. The summed E-state index contributed by atoms with van der Waals surface area (Å²) in [5, 5.41) is 0.556. The van der Waals surface area contributed by atoms with Gasteiger partial charge < -0.3 is 4.57 Å². The Morgan fingerprint density at radius 2 is 2.14 bits per heavy atom. The van der Waals surface area contributed by atoms with E-state index in [1.54, 1.807) is 34.9 Å². The molecule has 0 aliphatic carbocycles. The summed E-state index contributed by atoms with van der Waals surface area (Å²) in [6, 6.07) is 9.63. The molecule has 2 aromatic carbocycles. The maximum atomic E-state index is 14.3. The molecular weight excluding hydrogens is 371 g/mol.